The topological polar surface area (TPSA) is 84.2 Å². The van der Waals surface area contributed by atoms with E-state index >= 15 is 0 Å². The summed E-state index contributed by atoms with van der Waals surface area (Å²) >= 11 is 0. The zero-order chi connectivity index (χ0) is 9.90. The van der Waals surface area contributed by atoms with Crippen molar-refractivity contribution in [3.63, 3.8) is 0 Å². The average Bonchev–Trinajstić information content (AvgIpc) is 2.09. The molecule has 1 saturated carbocycles. The standard InChI is InChI=1S/C7H17N3O2S/c1-9-13(11,12)10-7-4-2-6(8)3-5-7/h6-7,9-10H,2-5,8H2,1H3. The molecule has 0 heterocycles. The summed E-state index contributed by atoms with van der Waals surface area (Å²) in [6, 6.07) is 0.299. The molecule has 0 aromatic rings. The summed E-state index contributed by atoms with van der Waals surface area (Å²) in [6.45, 7) is 0. The van der Waals surface area contributed by atoms with E-state index in [9.17, 15) is 8.42 Å². The largest absolute Gasteiger partial charge is 0.328 e. The maximum Gasteiger partial charge on any atom is 0.276 e. The molecule has 0 spiro atoms. The van der Waals surface area contributed by atoms with Crippen LogP contribution in [0.2, 0.25) is 0 Å². The van der Waals surface area contributed by atoms with Crippen molar-refractivity contribution in [2.75, 3.05) is 7.05 Å². The zero-order valence-corrected chi connectivity index (χ0v) is 8.60. The molecule has 1 rings (SSSR count). The van der Waals surface area contributed by atoms with Gasteiger partial charge in [0.05, 0.1) is 0 Å². The molecule has 0 aromatic heterocycles. The predicted octanol–water partition coefficient (Wildman–Crippen LogP) is -0.690. The fourth-order valence-corrected chi connectivity index (χ4v) is 2.31. The van der Waals surface area contributed by atoms with Crippen LogP contribution in [0.4, 0.5) is 0 Å². The number of hydrogen-bond acceptors (Lipinski definition) is 3. The monoisotopic (exact) mass is 207 g/mol. The summed E-state index contributed by atoms with van der Waals surface area (Å²) in [5, 5.41) is 0. The Morgan fingerprint density at radius 2 is 1.77 bits per heavy atom. The molecule has 0 saturated heterocycles. The van der Waals surface area contributed by atoms with Gasteiger partial charge in [-0.2, -0.15) is 13.1 Å². The molecule has 0 amide bonds. The van der Waals surface area contributed by atoms with Gasteiger partial charge < -0.3 is 5.73 Å². The van der Waals surface area contributed by atoms with E-state index in [4.69, 9.17) is 5.73 Å². The molecule has 13 heavy (non-hydrogen) atoms. The van der Waals surface area contributed by atoms with Gasteiger partial charge in [-0.1, -0.05) is 0 Å². The quantitative estimate of drug-likeness (QED) is 0.572. The van der Waals surface area contributed by atoms with Crippen molar-refractivity contribution in [3.05, 3.63) is 0 Å². The van der Waals surface area contributed by atoms with Crippen LogP contribution in [0.5, 0.6) is 0 Å². The van der Waals surface area contributed by atoms with Crippen LogP contribution in [0.3, 0.4) is 0 Å². The summed E-state index contributed by atoms with van der Waals surface area (Å²) in [6.07, 6.45) is 3.47. The molecule has 1 fully saturated rings. The summed E-state index contributed by atoms with van der Waals surface area (Å²) in [5.74, 6) is 0. The summed E-state index contributed by atoms with van der Waals surface area (Å²) in [7, 11) is -1.88. The van der Waals surface area contributed by atoms with E-state index in [0.29, 0.717) is 0 Å². The van der Waals surface area contributed by atoms with Gasteiger partial charge in [-0.05, 0) is 25.7 Å². The number of rotatable bonds is 3. The van der Waals surface area contributed by atoms with Crippen LogP contribution in [-0.4, -0.2) is 27.5 Å². The lowest BCUT2D eigenvalue weighted by atomic mass is 9.93. The lowest BCUT2D eigenvalue weighted by molar-refractivity contribution is 0.372. The van der Waals surface area contributed by atoms with Crippen molar-refractivity contribution in [2.45, 2.75) is 37.8 Å². The summed E-state index contributed by atoms with van der Waals surface area (Å²) in [5.41, 5.74) is 5.70. The van der Waals surface area contributed by atoms with Gasteiger partial charge in [0.2, 0.25) is 0 Å². The van der Waals surface area contributed by atoms with Crippen molar-refractivity contribution < 1.29 is 8.42 Å². The van der Waals surface area contributed by atoms with E-state index in [1.54, 1.807) is 0 Å². The summed E-state index contributed by atoms with van der Waals surface area (Å²) < 4.78 is 27.0. The maximum atomic E-state index is 11.1. The third-order valence-electron chi connectivity index (χ3n) is 2.36. The molecule has 0 bridgehead atoms. The molecule has 0 atom stereocenters. The fraction of sp³-hybridized carbons (Fsp3) is 1.00. The Bertz CT molecular complexity index is 244. The Morgan fingerprint density at radius 1 is 1.23 bits per heavy atom. The Balaban J connectivity index is 2.39. The Hall–Kier alpha value is -0.170. The molecular weight excluding hydrogens is 190 g/mol. The number of nitrogens with one attached hydrogen (secondary N) is 2. The Kier molecular flexibility index (Phi) is 3.66. The maximum absolute atomic E-state index is 11.1. The first-order valence-electron chi connectivity index (χ1n) is 4.50. The van der Waals surface area contributed by atoms with Crippen LogP contribution in [0.15, 0.2) is 0 Å². The van der Waals surface area contributed by atoms with Gasteiger partial charge in [0, 0.05) is 19.1 Å². The zero-order valence-electron chi connectivity index (χ0n) is 7.79. The second-order valence-electron chi connectivity index (χ2n) is 3.44. The smallest absolute Gasteiger partial charge is 0.276 e. The molecule has 0 aromatic carbocycles. The number of nitrogens with two attached hydrogens (primary N) is 1. The van der Waals surface area contributed by atoms with Crippen molar-refractivity contribution in [3.8, 4) is 0 Å². The Labute approximate surface area is 79.3 Å². The average molecular weight is 207 g/mol. The second-order valence-corrected chi connectivity index (χ2v) is 5.09. The van der Waals surface area contributed by atoms with Gasteiger partial charge in [-0.15, -0.1) is 0 Å². The van der Waals surface area contributed by atoms with E-state index in [1.807, 2.05) is 0 Å². The minimum atomic E-state index is -3.28. The molecule has 6 heteroatoms. The first-order chi connectivity index (χ1) is 6.03. The van der Waals surface area contributed by atoms with Crippen molar-refractivity contribution >= 4 is 10.2 Å². The van der Waals surface area contributed by atoms with Crippen LogP contribution in [0.25, 0.3) is 0 Å². The first kappa shape index (κ1) is 10.9. The van der Waals surface area contributed by atoms with Crippen LogP contribution in [0.1, 0.15) is 25.7 Å². The molecule has 0 unspecified atom stereocenters. The fourth-order valence-electron chi connectivity index (χ4n) is 1.52. The van der Waals surface area contributed by atoms with Crippen molar-refractivity contribution in [1.82, 2.24) is 9.44 Å². The van der Waals surface area contributed by atoms with Crippen LogP contribution in [-0.2, 0) is 10.2 Å². The molecule has 1 aliphatic carbocycles. The number of hydrogen-bond donors (Lipinski definition) is 3. The molecule has 0 radical (unpaired) electrons. The molecule has 78 valence electrons. The van der Waals surface area contributed by atoms with Gasteiger partial charge in [0.15, 0.2) is 0 Å². The molecule has 0 aliphatic heterocycles. The highest BCUT2D eigenvalue weighted by Crippen LogP contribution is 2.17. The van der Waals surface area contributed by atoms with Crippen LogP contribution >= 0.6 is 0 Å². The van der Waals surface area contributed by atoms with Gasteiger partial charge >= 0.3 is 0 Å². The third-order valence-corrected chi connectivity index (χ3v) is 3.54. The van der Waals surface area contributed by atoms with Gasteiger partial charge in [0.25, 0.3) is 10.2 Å². The highest BCUT2D eigenvalue weighted by molar-refractivity contribution is 7.87. The van der Waals surface area contributed by atoms with E-state index < -0.39 is 10.2 Å². The lowest BCUT2D eigenvalue weighted by Gasteiger charge is -2.26. The third kappa shape index (κ3) is 3.60. The van der Waals surface area contributed by atoms with Crippen molar-refractivity contribution in [1.29, 1.82) is 0 Å². The predicted molar refractivity (Wildman–Crippen MR) is 51.3 cm³/mol. The van der Waals surface area contributed by atoms with E-state index in [2.05, 4.69) is 9.44 Å². The van der Waals surface area contributed by atoms with Crippen LogP contribution in [0, 0.1) is 0 Å². The lowest BCUT2D eigenvalue weighted by Crippen LogP contribution is -2.44. The molecule has 1 aliphatic rings. The van der Waals surface area contributed by atoms with E-state index in [-0.39, 0.29) is 12.1 Å². The molecule has 4 N–H and O–H groups in total. The second kappa shape index (κ2) is 4.36. The van der Waals surface area contributed by atoms with Crippen molar-refractivity contribution in [2.24, 2.45) is 5.73 Å². The highest BCUT2D eigenvalue weighted by Gasteiger charge is 2.21. The normalized spacial score (nSPS) is 30.3. The molecule has 5 nitrogen and oxygen atoms in total. The minimum Gasteiger partial charge on any atom is -0.328 e. The van der Waals surface area contributed by atoms with E-state index in [0.717, 1.165) is 25.7 Å². The van der Waals surface area contributed by atoms with Gasteiger partial charge in [-0.25, -0.2) is 4.72 Å². The summed E-state index contributed by atoms with van der Waals surface area (Å²) in [4.78, 5) is 0. The van der Waals surface area contributed by atoms with Gasteiger partial charge in [0.1, 0.15) is 0 Å². The van der Waals surface area contributed by atoms with Gasteiger partial charge in [-0.3, -0.25) is 0 Å². The minimum absolute atomic E-state index is 0.0530. The SMILES string of the molecule is CNS(=O)(=O)NC1CCC(N)CC1. The molecular formula is C7H17N3O2S. The highest BCUT2D eigenvalue weighted by atomic mass is 32.2. The van der Waals surface area contributed by atoms with E-state index in [1.165, 1.54) is 7.05 Å². The Morgan fingerprint density at radius 3 is 2.23 bits per heavy atom. The first-order valence-corrected chi connectivity index (χ1v) is 5.98. The van der Waals surface area contributed by atoms with Crippen LogP contribution < -0.4 is 15.2 Å².